The van der Waals surface area contributed by atoms with E-state index >= 15 is 0 Å². The molecule has 1 unspecified atom stereocenters. The molecule has 2 saturated heterocycles. The van der Waals surface area contributed by atoms with Crippen LogP contribution >= 0.6 is 0 Å². The van der Waals surface area contributed by atoms with E-state index < -0.39 is 0 Å². The number of rotatable bonds is 2. The first-order valence-electron chi connectivity index (χ1n) is 7.01. The highest BCUT2D eigenvalue weighted by Crippen LogP contribution is 2.24. The van der Waals surface area contributed by atoms with Crippen LogP contribution in [0.4, 0.5) is 5.69 Å². The molecule has 0 aliphatic carbocycles. The molecule has 0 bridgehead atoms. The Hall–Kier alpha value is -1.13. The summed E-state index contributed by atoms with van der Waals surface area (Å²) in [5, 5.41) is 0. The number of piperidine rings is 1. The van der Waals surface area contributed by atoms with E-state index in [1.165, 1.54) is 38.0 Å². The van der Waals surface area contributed by atoms with Crippen LogP contribution in [0.1, 0.15) is 25.0 Å². The Morgan fingerprint density at radius 3 is 2.94 bits per heavy atom. The van der Waals surface area contributed by atoms with Crippen molar-refractivity contribution in [3.05, 3.63) is 24.0 Å². The van der Waals surface area contributed by atoms with Gasteiger partial charge in [0.2, 0.25) is 0 Å². The lowest BCUT2D eigenvalue weighted by Gasteiger charge is -2.44. The molecule has 2 aliphatic heterocycles. The van der Waals surface area contributed by atoms with Crippen LogP contribution in [-0.4, -0.2) is 42.1 Å². The van der Waals surface area contributed by atoms with Crippen LogP contribution in [0.5, 0.6) is 0 Å². The summed E-state index contributed by atoms with van der Waals surface area (Å²) in [5.41, 5.74) is 7.80. The number of aromatic nitrogens is 1. The fourth-order valence-corrected chi connectivity index (χ4v) is 3.11. The van der Waals surface area contributed by atoms with Crippen molar-refractivity contribution < 1.29 is 0 Å². The van der Waals surface area contributed by atoms with E-state index in [0.29, 0.717) is 6.54 Å². The molecule has 98 valence electrons. The van der Waals surface area contributed by atoms with Crippen LogP contribution in [0.25, 0.3) is 0 Å². The molecular weight excluding hydrogens is 224 g/mol. The van der Waals surface area contributed by atoms with Gasteiger partial charge in [0.1, 0.15) is 0 Å². The fourth-order valence-electron chi connectivity index (χ4n) is 3.11. The van der Waals surface area contributed by atoms with Gasteiger partial charge in [-0.3, -0.25) is 9.88 Å². The summed E-state index contributed by atoms with van der Waals surface area (Å²) < 4.78 is 0. The zero-order chi connectivity index (χ0) is 12.4. The van der Waals surface area contributed by atoms with Crippen LogP contribution in [0.3, 0.4) is 0 Å². The van der Waals surface area contributed by atoms with Crippen molar-refractivity contribution >= 4 is 5.69 Å². The van der Waals surface area contributed by atoms with Crippen molar-refractivity contribution in [3.8, 4) is 0 Å². The summed E-state index contributed by atoms with van der Waals surface area (Å²) >= 11 is 0. The normalized spacial score (nSPS) is 24.9. The predicted octanol–water partition coefficient (Wildman–Crippen LogP) is 1.21. The summed E-state index contributed by atoms with van der Waals surface area (Å²) in [5.74, 6) is 0. The molecule has 3 heterocycles. The number of pyridine rings is 1. The molecule has 2 N–H and O–H groups in total. The second-order valence-electron chi connectivity index (χ2n) is 5.34. The maximum absolute atomic E-state index is 5.58. The first-order chi connectivity index (χ1) is 8.86. The third-order valence-electron chi connectivity index (χ3n) is 4.22. The van der Waals surface area contributed by atoms with Gasteiger partial charge >= 0.3 is 0 Å². The molecule has 18 heavy (non-hydrogen) atoms. The SMILES string of the molecule is NCc1ccc(N2CCN3CCCCC3C2)cn1. The van der Waals surface area contributed by atoms with Crippen LogP contribution in [-0.2, 0) is 6.54 Å². The van der Waals surface area contributed by atoms with Crippen molar-refractivity contribution in [2.24, 2.45) is 5.73 Å². The van der Waals surface area contributed by atoms with E-state index in [1.54, 1.807) is 0 Å². The van der Waals surface area contributed by atoms with Crippen LogP contribution in [0, 0.1) is 0 Å². The molecule has 0 amide bonds. The molecule has 0 saturated carbocycles. The van der Waals surface area contributed by atoms with Crippen molar-refractivity contribution in [2.45, 2.75) is 31.8 Å². The predicted molar refractivity (Wildman–Crippen MR) is 73.6 cm³/mol. The molecule has 1 aromatic rings. The summed E-state index contributed by atoms with van der Waals surface area (Å²) in [6.07, 6.45) is 6.09. The van der Waals surface area contributed by atoms with Crippen LogP contribution in [0.15, 0.2) is 18.3 Å². The number of hydrogen-bond donors (Lipinski definition) is 1. The minimum absolute atomic E-state index is 0.524. The maximum Gasteiger partial charge on any atom is 0.0553 e. The van der Waals surface area contributed by atoms with Gasteiger partial charge in [-0.15, -0.1) is 0 Å². The Morgan fingerprint density at radius 1 is 1.22 bits per heavy atom. The molecule has 0 radical (unpaired) electrons. The lowest BCUT2D eigenvalue weighted by atomic mass is 9.99. The molecule has 4 heteroatoms. The highest BCUT2D eigenvalue weighted by atomic mass is 15.3. The topological polar surface area (TPSA) is 45.4 Å². The van der Waals surface area contributed by atoms with Crippen molar-refractivity contribution in [3.63, 3.8) is 0 Å². The molecule has 0 aromatic carbocycles. The number of anilines is 1. The molecular formula is C14H22N4. The summed E-state index contributed by atoms with van der Waals surface area (Å²) in [6.45, 7) is 5.30. The second-order valence-corrected chi connectivity index (χ2v) is 5.34. The summed E-state index contributed by atoms with van der Waals surface area (Å²) in [7, 11) is 0. The molecule has 3 rings (SSSR count). The zero-order valence-corrected chi connectivity index (χ0v) is 10.9. The Bertz CT molecular complexity index is 389. The Balaban J connectivity index is 1.69. The molecule has 1 aromatic heterocycles. The lowest BCUT2D eigenvalue weighted by molar-refractivity contribution is 0.133. The third kappa shape index (κ3) is 2.35. The van der Waals surface area contributed by atoms with Crippen molar-refractivity contribution in [2.75, 3.05) is 31.1 Å². The van der Waals surface area contributed by atoms with Crippen LogP contribution < -0.4 is 10.6 Å². The van der Waals surface area contributed by atoms with E-state index in [4.69, 9.17) is 5.73 Å². The lowest BCUT2D eigenvalue weighted by Crippen LogP contribution is -2.54. The number of nitrogens with two attached hydrogens (primary N) is 1. The first-order valence-corrected chi connectivity index (χ1v) is 7.01. The zero-order valence-electron chi connectivity index (χ0n) is 10.9. The van der Waals surface area contributed by atoms with E-state index in [2.05, 4.69) is 20.9 Å². The van der Waals surface area contributed by atoms with Crippen molar-refractivity contribution in [1.82, 2.24) is 9.88 Å². The molecule has 0 spiro atoms. The third-order valence-corrected chi connectivity index (χ3v) is 4.22. The summed E-state index contributed by atoms with van der Waals surface area (Å²) in [6, 6.07) is 4.96. The maximum atomic E-state index is 5.58. The van der Waals surface area contributed by atoms with Gasteiger partial charge in [-0.1, -0.05) is 6.42 Å². The van der Waals surface area contributed by atoms with Gasteiger partial charge in [-0.05, 0) is 31.5 Å². The average Bonchev–Trinajstić information content (AvgIpc) is 2.47. The largest absolute Gasteiger partial charge is 0.367 e. The molecule has 1 atom stereocenters. The van der Waals surface area contributed by atoms with Crippen molar-refractivity contribution in [1.29, 1.82) is 0 Å². The molecule has 2 aliphatic rings. The number of fused-ring (bicyclic) bond motifs is 1. The Kier molecular flexibility index (Phi) is 3.48. The van der Waals surface area contributed by atoms with E-state index in [0.717, 1.165) is 24.8 Å². The second kappa shape index (κ2) is 5.24. The smallest absolute Gasteiger partial charge is 0.0553 e. The average molecular weight is 246 g/mol. The monoisotopic (exact) mass is 246 g/mol. The van der Waals surface area contributed by atoms with Crippen LogP contribution in [0.2, 0.25) is 0 Å². The standard InChI is InChI=1S/C14H22N4/c15-9-12-4-5-13(10-16-12)18-8-7-17-6-2-1-3-14(17)11-18/h4-5,10,14H,1-3,6-9,11,15H2. The number of hydrogen-bond acceptors (Lipinski definition) is 4. The molecule has 2 fully saturated rings. The molecule has 4 nitrogen and oxygen atoms in total. The van der Waals surface area contributed by atoms with Gasteiger partial charge in [0.05, 0.1) is 17.6 Å². The van der Waals surface area contributed by atoms with Gasteiger partial charge in [-0.25, -0.2) is 0 Å². The summed E-state index contributed by atoms with van der Waals surface area (Å²) in [4.78, 5) is 9.52. The minimum atomic E-state index is 0.524. The minimum Gasteiger partial charge on any atom is -0.367 e. The van der Waals surface area contributed by atoms with E-state index in [9.17, 15) is 0 Å². The van der Waals surface area contributed by atoms with Gasteiger partial charge in [0.25, 0.3) is 0 Å². The van der Waals surface area contributed by atoms with Gasteiger partial charge < -0.3 is 10.6 Å². The van der Waals surface area contributed by atoms with Gasteiger partial charge in [0, 0.05) is 32.2 Å². The quantitative estimate of drug-likeness (QED) is 0.852. The van der Waals surface area contributed by atoms with E-state index in [1.807, 2.05) is 12.3 Å². The fraction of sp³-hybridized carbons (Fsp3) is 0.643. The van der Waals surface area contributed by atoms with E-state index in [-0.39, 0.29) is 0 Å². The first kappa shape index (κ1) is 11.9. The number of piperazine rings is 1. The Labute approximate surface area is 109 Å². The van der Waals surface area contributed by atoms with Gasteiger partial charge in [-0.2, -0.15) is 0 Å². The van der Waals surface area contributed by atoms with Gasteiger partial charge in [0.15, 0.2) is 0 Å². The Morgan fingerprint density at radius 2 is 2.17 bits per heavy atom. The number of nitrogens with zero attached hydrogens (tertiary/aromatic N) is 3. The highest BCUT2D eigenvalue weighted by Gasteiger charge is 2.28. The highest BCUT2D eigenvalue weighted by molar-refractivity contribution is 5.45.